The van der Waals surface area contributed by atoms with Crippen molar-refractivity contribution in [1.29, 1.82) is 0 Å². The first kappa shape index (κ1) is 15.6. The average Bonchev–Trinajstić information content (AvgIpc) is 2.73. The summed E-state index contributed by atoms with van der Waals surface area (Å²) in [4.78, 5) is 13.7. The molecule has 21 heavy (non-hydrogen) atoms. The summed E-state index contributed by atoms with van der Waals surface area (Å²) in [6.45, 7) is 2.69. The van der Waals surface area contributed by atoms with Crippen LogP contribution >= 0.6 is 0 Å². The van der Waals surface area contributed by atoms with Gasteiger partial charge in [0.25, 0.3) is 0 Å². The molecule has 1 aromatic rings. The van der Waals surface area contributed by atoms with Gasteiger partial charge in [-0.15, -0.1) is 0 Å². The summed E-state index contributed by atoms with van der Waals surface area (Å²) in [5.74, 6) is -0.0191. The lowest BCUT2D eigenvalue weighted by Gasteiger charge is -2.16. The van der Waals surface area contributed by atoms with Gasteiger partial charge in [-0.2, -0.15) is 0 Å². The number of rotatable bonds is 5. The molecule has 2 rings (SSSR count). The monoisotopic (exact) mass is 312 g/mol. The molecule has 0 aliphatic carbocycles. The first-order chi connectivity index (χ1) is 9.85. The Morgan fingerprint density at radius 2 is 2.14 bits per heavy atom. The zero-order valence-electron chi connectivity index (χ0n) is 12.1. The molecule has 0 spiro atoms. The summed E-state index contributed by atoms with van der Waals surface area (Å²) in [7, 11) is -1.81. The second-order valence-corrected chi connectivity index (χ2v) is 6.76. The van der Waals surface area contributed by atoms with Gasteiger partial charge >= 0.3 is 0 Å². The highest BCUT2D eigenvalue weighted by atomic mass is 32.2. The van der Waals surface area contributed by atoms with E-state index in [1.807, 2.05) is 0 Å². The number of amides is 1. The number of likely N-dealkylation sites (N-methyl/N-ethyl adjacent to an activating group) is 1. The SMILES string of the molecule is CCNS(=O)(=O)c1ccc(N)c(NC2CCN(C)C2=O)c1. The summed E-state index contributed by atoms with van der Waals surface area (Å²) < 4.78 is 26.4. The molecule has 4 N–H and O–H groups in total. The molecule has 8 heteroatoms. The maximum Gasteiger partial charge on any atom is 0.244 e. The van der Waals surface area contributed by atoms with E-state index in [0.29, 0.717) is 30.9 Å². The number of nitrogens with one attached hydrogen (secondary N) is 2. The van der Waals surface area contributed by atoms with E-state index in [1.165, 1.54) is 18.2 Å². The van der Waals surface area contributed by atoms with Gasteiger partial charge in [0.1, 0.15) is 6.04 Å². The molecule has 0 radical (unpaired) electrons. The van der Waals surface area contributed by atoms with E-state index in [1.54, 1.807) is 18.9 Å². The predicted octanol–water partition coefficient (Wildman–Crippen LogP) is 0.210. The molecular formula is C13H20N4O3S. The minimum atomic E-state index is -3.55. The molecule has 1 aromatic carbocycles. The molecule has 1 unspecified atom stereocenters. The van der Waals surface area contributed by atoms with Gasteiger partial charge in [0.15, 0.2) is 0 Å². The highest BCUT2D eigenvalue weighted by Crippen LogP contribution is 2.25. The lowest BCUT2D eigenvalue weighted by atomic mass is 10.2. The Kier molecular flexibility index (Phi) is 4.38. The third-order valence-electron chi connectivity index (χ3n) is 3.43. The highest BCUT2D eigenvalue weighted by Gasteiger charge is 2.29. The van der Waals surface area contributed by atoms with Crippen LogP contribution in [0.4, 0.5) is 11.4 Å². The number of carbonyl (C=O) groups is 1. The molecule has 7 nitrogen and oxygen atoms in total. The molecule has 1 amide bonds. The van der Waals surface area contributed by atoms with Gasteiger partial charge < -0.3 is 16.0 Å². The number of hydrogen-bond donors (Lipinski definition) is 3. The van der Waals surface area contributed by atoms with E-state index in [0.717, 1.165) is 0 Å². The maximum atomic E-state index is 12.0. The van der Waals surface area contributed by atoms with Gasteiger partial charge in [0, 0.05) is 20.1 Å². The fourth-order valence-corrected chi connectivity index (χ4v) is 3.31. The van der Waals surface area contributed by atoms with Crippen molar-refractivity contribution in [3.63, 3.8) is 0 Å². The van der Waals surface area contributed by atoms with Crippen molar-refractivity contribution in [3.05, 3.63) is 18.2 Å². The van der Waals surface area contributed by atoms with Crippen LogP contribution in [0.15, 0.2) is 23.1 Å². The Morgan fingerprint density at radius 1 is 1.43 bits per heavy atom. The van der Waals surface area contributed by atoms with Crippen LogP contribution < -0.4 is 15.8 Å². The fraction of sp³-hybridized carbons (Fsp3) is 0.462. The Morgan fingerprint density at radius 3 is 2.71 bits per heavy atom. The van der Waals surface area contributed by atoms with Crippen LogP contribution in [0, 0.1) is 0 Å². The van der Waals surface area contributed by atoms with E-state index < -0.39 is 10.0 Å². The van der Waals surface area contributed by atoms with Crippen molar-refractivity contribution in [2.45, 2.75) is 24.3 Å². The number of hydrogen-bond acceptors (Lipinski definition) is 5. The number of nitrogen functional groups attached to an aromatic ring is 1. The first-order valence-corrected chi connectivity index (χ1v) is 8.24. The minimum Gasteiger partial charge on any atom is -0.397 e. The summed E-state index contributed by atoms with van der Waals surface area (Å²) >= 11 is 0. The molecule has 1 saturated heterocycles. The number of nitrogens with zero attached hydrogens (tertiary/aromatic N) is 1. The zero-order chi connectivity index (χ0) is 15.6. The van der Waals surface area contributed by atoms with Crippen LogP contribution in [0.25, 0.3) is 0 Å². The van der Waals surface area contributed by atoms with E-state index >= 15 is 0 Å². The topological polar surface area (TPSA) is 105 Å². The van der Waals surface area contributed by atoms with Crippen LogP contribution in [0.1, 0.15) is 13.3 Å². The molecule has 1 aliphatic rings. The molecule has 1 aliphatic heterocycles. The Balaban J connectivity index is 2.26. The number of carbonyl (C=O) groups excluding carboxylic acids is 1. The lowest BCUT2D eigenvalue weighted by Crippen LogP contribution is -2.31. The van der Waals surface area contributed by atoms with Gasteiger partial charge in [0.2, 0.25) is 15.9 Å². The zero-order valence-corrected chi connectivity index (χ0v) is 12.9. The van der Waals surface area contributed by atoms with Crippen LogP contribution in [0.3, 0.4) is 0 Å². The Hall–Kier alpha value is -1.80. The van der Waals surface area contributed by atoms with E-state index in [9.17, 15) is 13.2 Å². The third-order valence-corrected chi connectivity index (χ3v) is 4.97. The summed E-state index contributed by atoms with van der Waals surface area (Å²) in [6.07, 6.45) is 0.666. The van der Waals surface area contributed by atoms with E-state index in [4.69, 9.17) is 5.73 Å². The molecule has 1 heterocycles. The van der Waals surface area contributed by atoms with E-state index in [-0.39, 0.29) is 16.8 Å². The van der Waals surface area contributed by atoms with Gasteiger partial charge in [-0.25, -0.2) is 13.1 Å². The summed E-state index contributed by atoms with van der Waals surface area (Å²) in [5.41, 5.74) is 6.73. The van der Waals surface area contributed by atoms with Crippen LogP contribution in [-0.4, -0.2) is 45.4 Å². The largest absolute Gasteiger partial charge is 0.397 e. The molecule has 1 atom stereocenters. The van der Waals surface area contributed by atoms with Crippen LogP contribution in [0.5, 0.6) is 0 Å². The van der Waals surface area contributed by atoms with Crippen molar-refractivity contribution in [2.24, 2.45) is 0 Å². The number of benzene rings is 1. The number of likely N-dealkylation sites (tertiary alicyclic amines) is 1. The third kappa shape index (κ3) is 3.27. The lowest BCUT2D eigenvalue weighted by molar-refractivity contribution is -0.127. The smallest absolute Gasteiger partial charge is 0.244 e. The molecular weight excluding hydrogens is 292 g/mol. The molecule has 116 valence electrons. The second kappa shape index (κ2) is 5.90. The van der Waals surface area contributed by atoms with Gasteiger partial charge in [-0.05, 0) is 24.6 Å². The standard InChI is InChI=1S/C13H20N4O3S/c1-3-15-21(19,20)9-4-5-10(14)12(8-9)16-11-6-7-17(2)13(11)18/h4-5,8,11,15-16H,3,6-7,14H2,1-2H3. The maximum absolute atomic E-state index is 12.0. The fourth-order valence-electron chi connectivity index (χ4n) is 2.24. The predicted molar refractivity (Wildman–Crippen MR) is 81.4 cm³/mol. The first-order valence-electron chi connectivity index (χ1n) is 6.76. The summed E-state index contributed by atoms with van der Waals surface area (Å²) in [5, 5.41) is 3.04. The van der Waals surface area contributed by atoms with Crippen LogP contribution in [0.2, 0.25) is 0 Å². The molecule has 0 saturated carbocycles. The average molecular weight is 312 g/mol. The quantitative estimate of drug-likeness (QED) is 0.674. The normalized spacial score (nSPS) is 19.0. The molecule has 0 aromatic heterocycles. The molecule has 0 bridgehead atoms. The van der Waals surface area contributed by atoms with Gasteiger partial charge in [0.05, 0.1) is 16.3 Å². The molecule has 1 fully saturated rings. The second-order valence-electron chi connectivity index (χ2n) is 5.00. The Bertz CT molecular complexity index is 645. The van der Waals surface area contributed by atoms with Crippen molar-refractivity contribution in [1.82, 2.24) is 9.62 Å². The van der Waals surface area contributed by atoms with Crippen molar-refractivity contribution in [3.8, 4) is 0 Å². The van der Waals surface area contributed by atoms with Crippen molar-refractivity contribution in [2.75, 3.05) is 31.2 Å². The minimum absolute atomic E-state index is 0.0191. The number of nitrogens with two attached hydrogens (primary N) is 1. The van der Waals surface area contributed by atoms with Gasteiger partial charge in [-0.3, -0.25) is 4.79 Å². The van der Waals surface area contributed by atoms with Gasteiger partial charge in [-0.1, -0.05) is 6.92 Å². The van der Waals surface area contributed by atoms with Crippen LogP contribution in [-0.2, 0) is 14.8 Å². The summed E-state index contributed by atoms with van der Waals surface area (Å²) in [6, 6.07) is 4.06. The number of sulfonamides is 1. The highest BCUT2D eigenvalue weighted by molar-refractivity contribution is 7.89. The number of anilines is 2. The van der Waals surface area contributed by atoms with Crippen molar-refractivity contribution >= 4 is 27.3 Å². The van der Waals surface area contributed by atoms with Crippen molar-refractivity contribution < 1.29 is 13.2 Å². The van der Waals surface area contributed by atoms with E-state index in [2.05, 4.69) is 10.0 Å². The Labute approximate surface area is 124 Å².